The number of nitro groups is 2. The largest absolute Gasteiger partial charge is 0.308 e. The molecule has 0 aliphatic rings. The molecule has 0 saturated heterocycles. The number of hydrogen-bond donors (Lipinski definition) is 2. The van der Waals surface area contributed by atoms with Crippen LogP contribution in [0.15, 0.2) is 46.3 Å². The molecule has 3 N–H and O–H groups in total. The van der Waals surface area contributed by atoms with Gasteiger partial charge in [0.25, 0.3) is 11.4 Å². The van der Waals surface area contributed by atoms with Crippen LogP contribution >= 0.6 is 11.8 Å². The molecule has 10 heteroatoms. The average molecular weight is 307 g/mol. The first-order valence-electron chi connectivity index (χ1n) is 5.55. The third kappa shape index (κ3) is 3.43. The number of nitrogens with one attached hydrogen (secondary N) is 1. The van der Waals surface area contributed by atoms with Gasteiger partial charge in [-0.15, -0.1) is 0 Å². The Kier molecular flexibility index (Phi) is 4.30. The SMILES string of the molecule is NNc1cc([N+](=O)[O-])cc(Sc2ccccc2[N+](=O)[O-])n1. The number of para-hydroxylation sites is 1. The number of nitrogen functional groups attached to an aromatic ring is 1. The van der Waals surface area contributed by atoms with E-state index in [1.54, 1.807) is 12.1 Å². The normalized spacial score (nSPS) is 10.1. The standard InChI is InChI=1S/C11H9N5O4S/c12-14-10-5-7(15(17)18)6-11(13-10)21-9-4-2-1-3-8(9)16(19)20/h1-6H,12H2,(H,13,14). The maximum atomic E-state index is 10.9. The van der Waals surface area contributed by atoms with Gasteiger partial charge < -0.3 is 5.43 Å². The van der Waals surface area contributed by atoms with E-state index in [1.165, 1.54) is 24.3 Å². The van der Waals surface area contributed by atoms with Gasteiger partial charge in [0.05, 0.1) is 20.8 Å². The van der Waals surface area contributed by atoms with E-state index in [9.17, 15) is 20.2 Å². The highest BCUT2D eigenvalue weighted by atomic mass is 32.2. The van der Waals surface area contributed by atoms with Crippen LogP contribution in [0.3, 0.4) is 0 Å². The highest BCUT2D eigenvalue weighted by Crippen LogP contribution is 2.35. The number of nitrogens with two attached hydrogens (primary N) is 1. The van der Waals surface area contributed by atoms with Gasteiger partial charge in [-0.05, 0) is 6.07 Å². The van der Waals surface area contributed by atoms with E-state index >= 15 is 0 Å². The predicted molar refractivity (Wildman–Crippen MR) is 75.9 cm³/mol. The molecule has 0 saturated carbocycles. The van der Waals surface area contributed by atoms with E-state index in [-0.39, 0.29) is 22.2 Å². The smallest absolute Gasteiger partial charge is 0.283 e. The maximum absolute atomic E-state index is 10.9. The Morgan fingerprint density at radius 1 is 1.14 bits per heavy atom. The van der Waals surface area contributed by atoms with Crippen molar-refractivity contribution in [1.82, 2.24) is 4.98 Å². The molecule has 0 aliphatic heterocycles. The maximum Gasteiger partial charge on any atom is 0.283 e. The van der Waals surface area contributed by atoms with Crippen molar-refractivity contribution in [2.75, 3.05) is 5.43 Å². The summed E-state index contributed by atoms with van der Waals surface area (Å²) < 4.78 is 0. The summed E-state index contributed by atoms with van der Waals surface area (Å²) in [5.41, 5.74) is 1.91. The zero-order chi connectivity index (χ0) is 15.4. The summed E-state index contributed by atoms with van der Waals surface area (Å²) >= 11 is 0.951. The van der Waals surface area contributed by atoms with Crippen molar-refractivity contribution < 1.29 is 9.85 Å². The molecule has 2 rings (SSSR count). The number of hydrogen-bond acceptors (Lipinski definition) is 8. The summed E-state index contributed by atoms with van der Waals surface area (Å²) in [7, 11) is 0. The molecule has 0 unspecified atom stereocenters. The van der Waals surface area contributed by atoms with Gasteiger partial charge >= 0.3 is 0 Å². The van der Waals surface area contributed by atoms with E-state index in [4.69, 9.17) is 5.84 Å². The van der Waals surface area contributed by atoms with E-state index in [0.29, 0.717) is 4.90 Å². The van der Waals surface area contributed by atoms with Crippen molar-refractivity contribution in [3.05, 3.63) is 56.6 Å². The topological polar surface area (TPSA) is 137 Å². The van der Waals surface area contributed by atoms with Crippen LogP contribution < -0.4 is 11.3 Å². The van der Waals surface area contributed by atoms with Crippen LogP contribution in [0.1, 0.15) is 0 Å². The molecule has 0 amide bonds. The predicted octanol–water partition coefficient (Wildman–Crippen LogP) is 2.33. The quantitative estimate of drug-likeness (QED) is 0.487. The molecule has 9 nitrogen and oxygen atoms in total. The third-order valence-electron chi connectivity index (χ3n) is 2.42. The number of nitro benzene ring substituents is 1. The Bertz CT molecular complexity index is 709. The minimum atomic E-state index is -0.591. The molecular formula is C11H9N5O4S. The lowest BCUT2D eigenvalue weighted by molar-refractivity contribution is -0.387. The van der Waals surface area contributed by atoms with Crippen LogP contribution in [-0.4, -0.2) is 14.8 Å². The second-order valence-corrected chi connectivity index (χ2v) is 4.84. The average Bonchev–Trinajstić information content (AvgIpc) is 2.47. The van der Waals surface area contributed by atoms with Gasteiger partial charge in [-0.3, -0.25) is 20.2 Å². The lowest BCUT2D eigenvalue weighted by atomic mass is 10.3. The first-order valence-corrected chi connectivity index (χ1v) is 6.37. The first-order chi connectivity index (χ1) is 10.0. The summed E-state index contributed by atoms with van der Waals surface area (Å²) in [5, 5.41) is 22.0. The number of hydrazine groups is 1. The van der Waals surface area contributed by atoms with Crippen LogP contribution in [0, 0.1) is 20.2 Å². The molecule has 2 aromatic rings. The molecule has 0 atom stereocenters. The molecule has 0 bridgehead atoms. The van der Waals surface area contributed by atoms with Crippen molar-refractivity contribution in [2.45, 2.75) is 9.92 Å². The summed E-state index contributed by atoms with van der Waals surface area (Å²) in [6.45, 7) is 0. The molecule has 21 heavy (non-hydrogen) atoms. The zero-order valence-electron chi connectivity index (χ0n) is 10.4. The zero-order valence-corrected chi connectivity index (χ0v) is 11.2. The van der Waals surface area contributed by atoms with Gasteiger partial charge in [-0.2, -0.15) is 0 Å². The van der Waals surface area contributed by atoms with Crippen LogP contribution in [0.5, 0.6) is 0 Å². The summed E-state index contributed by atoms with van der Waals surface area (Å²) in [4.78, 5) is 25.0. The number of anilines is 1. The Balaban J connectivity index is 2.42. The molecule has 1 heterocycles. The third-order valence-corrected chi connectivity index (χ3v) is 3.41. The van der Waals surface area contributed by atoms with Crippen molar-refractivity contribution >= 4 is 29.0 Å². The molecule has 0 aliphatic carbocycles. The fraction of sp³-hybridized carbons (Fsp3) is 0. The summed E-state index contributed by atoms with van der Waals surface area (Å²) in [5.74, 6) is 5.31. The van der Waals surface area contributed by atoms with Gasteiger partial charge in [0.1, 0.15) is 10.8 Å². The summed E-state index contributed by atoms with van der Waals surface area (Å²) in [6.07, 6.45) is 0. The van der Waals surface area contributed by atoms with Crippen LogP contribution in [0.25, 0.3) is 0 Å². The monoisotopic (exact) mass is 307 g/mol. The van der Waals surface area contributed by atoms with E-state index in [0.717, 1.165) is 11.8 Å². The van der Waals surface area contributed by atoms with E-state index in [2.05, 4.69) is 10.4 Å². The van der Waals surface area contributed by atoms with Gasteiger partial charge in [0, 0.05) is 12.1 Å². The van der Waals surface area contributed by atoms with Crippen molar-refractivity contribution in [1.29, 1.82) is 0 Å². The second kappa shape index (κ2) is 6.15. The number of rotatable bonds is 5. The van der Waals surface area contributed by atoms with Gasteiger partial charge in [-0.25, -0.2) is 10.8 Å². The highest BCUT2D eigenvalue weighted by Gasteiger charge is 2.17. The van der Waals surface area contributed by atoms with Gasteiger partial charge in [0.15, 0.2) is 0 Å². The molecule has 108 valence electrons. The number of pyridine rings is 1. The fourth-order valence-corrected chi connectivity index (χ4v) is 2.47. The Morgan fingerprint density at radius 2 is 1.86 bits per heavy atom. The van der Waals surface area contributed by atoms with Gasteiger partial charge in [-0.1, -0.05) is 23.9 Å². The Morgan fingerprint density at radius 3 is 2.48 bits per heavy atom. The van der Waals surface area contributed by atoms with Gasteiger partial charge in [0.2, 0.25) is 0 Å². The fourth-order valence-electron chi connectivity index (χ4n) is 1.53. The molecule has 0 radical (unpaired) electrons. The van der Waals surface area contributed by atoms with Crippen LogP contribution in [0.4, 0.5) is 17.2 Å². The Labute approximate surface area is 122 Å². The van der Waals surface area contributed by atoms with Crippen molar-refractivity contribution in [3.63, 3.8) is 0 Å². The van der Waals surface area contributed by atoms with Crippen LogP contribution in [0.2, 0.25) is 0 Å². The van der Waals surface area contributed by atoms with E-state index < -0.39 is 9.85 Å². The highest BCUT2D eigenvalue weighted by molar-refractivity contribution is 7.99. The number of benzene rings is 1. The number of aromatic nitrogens is 1. The lowest BCUT2D eigenvalue weighted by Crippen LogP contribution is -2.09. The van der Waals surface area contributed by atoms with E-state index in [1.807, 2.05) is 0 Å². The number of nitrogens with zero attached hydrogens (tertiary/aromatic N) is 3. The lowest BCUT2D eigenvalue weighted by Gasteiger charge is -2.05. The Hall–Kier alpha value is -2.72. The molecule has 0 fully saturated rings. The molecular weight excluding hydrogens is 298 g/mol. The van der Waals surface area contributed by atoms with Crippen molar-refractivity contribution in [3.8, 4) is 0 Å². The van der Waals surface area contributed by atoms with Crippen molar-refractivity contribution in [2.24, 2.45) is 5.84 Å². The second-order valence-electron chi connectivity index (χ2n) is 3.78. The first kappa shape index (κ1) is 14.7. The minimum absolute atomic E-state index is 0.0990. The molecule has 1 aromatic heterocycles. The van der Waals surface area contributed by atoms with Crippen LogP contribution in [-0.2, 0) is 0 Å². The molecule has 1 aromatic carbocycles. The summed E-state index contributed by atoms with van der Waals surface area (Å²) in [6, 6.07) is 8.46. The minimum Gasteiger partial charge on any atom is -0.308 e. The molecule has 0 spiro atoms.